The van der Waals surface area contributed by atoms with Crippen molar-refractivity contribution in [3.05, 3.63) is 83.9 Å². The number of aryl methyl sites for hydroxylation is 1. The summed E-state index contributed by atoms with van der Waals surface area (Å²) in [5, 5.41) is 36.6. The number of rotatable bonds is 4. The van der Waals surface area contributed by atoms with E-state index in [0.29, 0.717) is 12.0 Å². The van der Waals surface area contributed by atoms with Gasteiger partial charge in [0.2, 0.25) is 0 Å². The number of hydrogen-bond acceptors (Lipinski definition) is 4. The van der Waals surface area contributed by atoms with Crippen LogP contribution in [0.1, 0.15) is 17.5 Å². The number of aromatic hydroxyl groups is 4. The maximum atomic E-state index is 9.63. The monoisotopic (exact) mass is 338 g/mol. The van der Waals surface area contributed by atoms with Crippen molar-refractivity contribution >= 4 is 0 Å². The minimum absolute atomic E-state index is 0.0880. The molecule has 0 aliphatic carbocycles. The van der Waals surface area contributed by atoms with E-state index in [9.17, 15) is 10.2 Å². The van der Waals surface area contributed by atoms with Gasteiger partial charge in [-0.15, -0.1) is 0 Å². The van der Waals surface area contributed by atoms with Crippen LogP contribution in [0.25, 0.3) is 0 Å². The van der Waals surface area contributed by atoms with E-state index in [4.69, 9.17) is 10.2 Å². The predicted molar refractivity (Wildman–Crippen MR) is 98.0 cm³/mol. The molecule has 130 valence electrons. The van der Waals surface area contributed by atoms with Crippen molar-refractivity contribution in [2.24, 2.45) is 0 Å². The Morgan fingerprint density at radius 2 is 1.12 bits per heavy atom. The van der Waals surface area contributed by atoms with Gasteiger partial charge in [0.25, 0.3) is 0 Å². The fourth-order valence-corrected chi connectivity index (χ4v) is 2.43. The molecule has 0 bridgehead atoms. The molecule has 0 heterocycles. The average Bonchev–Trinajstić information content (AvgIpc) is 2.59. The first kappa shape index (κ1) is 18.2. The Bertz CT molecular complexity index is 747. The molecular weight excluding hydrogens is 316 g/mol. The van der Waals surface area contributed by atoms with E-state index in [1.165, 1.54) is 23.8 Å². The van der Waals surface area contributed by atoms with Crippen molar-refractivity contribution in [3.63, 3.8) is 0 Å². The highest BCUT2D eigenvalue weighted by Gasteiger charge is 2.06. The molecule has 0 radical (unpaired) electrons. The summed E-state index contributed by atoms with van der Waals surface area (Å²) in [6.45, 7) is 0. The summed E-state index contributed by atoms with van der Waals surface area (Å²) in [4.78, 5) is 0. The van der Waals surface area contributed by atoms with Gasteiger partial charge in [0.05, 0.1) is 0 Å². The molecule has 25 heavy (non-hydrogen) atoms. The summed E-state index contributed by atoms with van der Waals surface area (Å²) in [5.74, 6) is 0.533. The molecule has 0 saturated carbocycles. The van der Waals surface area contributed by atoms with Gasteiger partial charge < -0.3 is 20.4 Å². The predicted octanol–water partition coefficient (Wildman–Crippen LogP) is 4.37. The second-order valence-electron chi connectivity index (χ2n) is 5.63. The van der Waals surface area contributed by atoms with Crippen LogP contribution in [0, 0.1) is 0 Å². The third kappa shape index (κ3) is 6.11. The molecule has 3 aromatic carbocycles. The summed E-state index contributed by atoms with van der Waals surface area (Å²) in [7, 11) is 0. The fourth-order valence-electron chi connectivity index (χ4n) is 2.43. The molecule has 4 nitrogen and oxygen atoms in total. The summed E-state index contributed by atoms with van der Waals surface area (Å²) >= 11 is 0. The number of phenolic OH excluding ortho intramolecular Hbond substituents is 4. The second-order valence-corrected chi connectivity index (χ2v) is 5.63. The maximum Gasteiger partial charge on any atom is 0.122 e. The van der Waals surface area contributed by atoms with Gasteiger partial charge in [-0.05, 0) is 49.1 Å². The minimum atomic E-state index is 0.0880. The van der Waals surface area contributed by atoms with Crippen molar-refractivity contribution in [3.8, 4) is 23.0 Å². The molecule has 0 spiro atoms. The van der Waals surface area contributed by atoms with Crippen molar-refractivity contribution in [1.82, 2.24) is 0 Å². The Morgan fingerprint density at radius 3 is 1.64 bits per heavy atom. The normalized spacial score (nSPS) is 9.92. The lowest BCUT2D eigenvalue weighted by Crippen LogP contribution is -1.91. The summed E-state index contributed by atoms with van der Waals surface area (Å²) < 4.78 is 0. The quantitative estimate of drug-likeness (QED) is 0.569. The highest BCUT2D eigenvalue weighted by Crippen LogP contribution is 2.27. The van der Waals surface area contributed by atoms with Crippen molar-refractivity contribution < 1.29 is 20.4 Å². The van der Waals surface area contributed by atoms with Crippen LogP contribution in [0.15, 0.2) is 72.8 Å². The first-order valence-electron chi connectivity index (χ1n) is 8.08. The molecule has 4 heteroatoms. The van der Waals surface area contributed by atoms with E-state index in [0.717, 1.165) is 12.8 Å². The van der Waals surface area contributed by atoms with Gasteiger partial charge in [-0.1, -0.05) is 42.5 Å². The third-order valence-corrected chi connectivity index (χ3v) is 3.69. The van der Waals surface area contributed by atoms with Gasteiger partial charge in [0, 0.05) is 11.6 Å². The second kappa shape index (κ2) is 9.23. The van der Waals surface area contributed by atoms with Crippen molar-refractivity contribution in [1.29, 1.82) is 0 Å². The molecule has 0 aliphatic heterocycles. The third-order valence-electron chi connectivity index (χ3n) is 3.69. The van der Waals surface area contributed by atoms with Crippen molar-refractivity contribution in [2.75, 3.05) is 0 Å². The highest BCUT2D eigenvalue weighted by atomic mass is 16.3. The zero-order chi connectivity index (χ0) is 18.1. The van der Waals surface area contributed by atoms with E-state index in [1.807, 2.05) is 18.2 Å². The molecule has 3 aromatic rings. The summed E-state index contributed by atoms with van der Waals surface area (Å²) in [6.07, 6.45) is 2.55. The van der Waals surface area contributed by atoms with Gasteiger partial charge >= 0.3 is 0 Å². The molecule has 0 aromatic heterocycles. The molecule has 0 atom stereocenters. The van der Waals surface area contributed by atoms with Crippen LogP contribution in [-0.4, -0.2) is 20.4 Å². The van der Waals surface area contributed by atoms with Crippen LogP contribution >= 0.6 is 0 Å². The standard InChI is InChI=1S/C15H16O2.C6H6O2/c16-14-10-5-11-15(17)13(14)9-4-8-12-6-2-1-3-7-12;7-5-2-1-3-6(8)4-5/h1-3,5-7,10-11,16-17H,4,8-9H2;1-4,7-8H. The largest absolute Gasteiger partial charge is 0.508 e. The Kier molecular flexibility index (Phi) is 6.72. The van der Waals surface area contributed by atoms with E-state index in [1.54, 1.807) is 24.3 Å². The van der Waals surface area contributed by atoms with E-state index in [2.05, 4.69) is 12.1 Å². The van der Waals surface area contributed by atoms with Crippen molar-refractivity contribution in [2.45, 2.75) is 19.3 Å². The molecule has 0 unspecified atom stereocenters. The number of benzene rings is 3. The van der Waals surface area contributed by atoms with Gasteiger partial charge in [0.15, 0.2) is 0 Å². The summed E-state index contributed by atoms with van der Waals surface area (Å²) in [5.41, 5.74) is 1.92. The Labute approximate surface area is 147 Å². The Balaban J connectivity index is 0.000000236. The zero-order valence-corrected chi connectivity index (χ0v) is 13.8. The lowest BCUT2D eigenvalue weighted by atomic mass is 10.0. The van der Waals surface area contributed by atoms with Gasteiger partial charge in [-0.2, -0.15) is 0 Å². The SMILES string of the molecule is Oc1cccc(O)c1.Oc1cccc(O)c1CCCc1ccccc1. The van der Waals surface area contributed by atoms with Crippen LogP contribution < -0.4 is 0 Å². The van der Waals surface area contributed by atoms with Crippen LogP contribution in [0.3, 0.4) is 0 Å². The summed E-state index contributed by atoms with van der Waals surface area (Å²) in [6, 6.07) is 20.9. The molecule has 0 fully saturated rings. The Hall–Kier alpha value is -3.14. The molecule has 0 amide bonds. The smallest absolute Gasteiger partial charge is 0.122 e. The fraction of sp³-hybridized carbons (Fsp3) is 0.143. The topological polar surface area (TPSA) is 80.9 Å². The zero-order valence-electron chi connectivity index (χ0n) is 13.8. The molecule has 0 aliphatic rings. The van der Waals surface area contributed by atoms with E-state index in [-0.39, 0.29) is 23.0 Å². The molecule has 4 N–H and O–H groups in total. The first-order chi connectivity index (χ1) is 12.1. The van der Waals surface area contributed by atoms with E-state index < -0.39 is 0 Å². The van der Waals surface area contributed by atoms with Crippen LogP contribution in [-0.2, 0) is 12.8 Å². The van der Waals surface area contributed by atoms with Crippen LogP contribution in [0.2, 0.25) is 0 Å². The first-order valence-corrected chi connectivity index (χ1v) is 8.08. The minimum Gasteiger partial charge on any atom is -0.508 e. The van der Waals surface area contributed by atoms with Crippen LogP contribution in [0.5, 0.6) is 23.0 Å². The van der Waals surface area contributed by atoms with Gasteiger partial charge in [-0.25, -0.2) is 0 Å². The van der Waals surface area contributed by atoms with Crippen LogP contribution in [0.4, 0.5) is 0 Å². The lowest BCUT2D eigenvalue weighted by molar-refractivity contribution is 0.437. The van der Waals surface area contributed by atoms with E-state index >= 15 is 0 Å². The molecule has 3 rings (SSSR count). The van der Waals surface area contributed by atoms with Gasteiger partial charge in [0.1, 0.15) is 23.0 Å². The number of phenols is 4. The Morgan fingerprint density at radius 1 is 0.560 bits per heavy atom. The van der Waals surface area contributed by atoms with Gasteiger partial charge in [-0.3, -0.25) is 0 Å². The number of hydrogen-bond donors (Lipinski definition) is 4. The molecular formula is C21H22O4. The maximum absolute atomic E-state index is 9.63. The lowest BCUT2D eigenvalue weighted by Gasteiger charge is -2.06. The molecule has 0 saturated heterocycles. The highest BCUT2D eigenvalue weighted by molar-refractivity contribution is 5.43. The average molecular weight is 338 g/mol.